The van der Waals surface area contributed by atoms with Crippen molar-refractivity contribution >= 4 is 5.78 Å². The van der Waals surface area contributed by atoms with E-state index in [0.717, 1.165) is 24.4 Å². The fourth-order valence-electron chi connectivity index (χ4n) is 1.90. The van der Waals surface area contributed by atoms with Crippen molar-refractivity contribution in [2.45, 2.75) is 33.2 Å². The predicted octanol–water partition coefficient (Wildman–Crippen LogP) is 2.29. The molecule has 0 unspecified atom stereocenters. The van der Waals surface area contributed by atoms with Crippen molar-refractivity contribution in [3.8, 4) is 0 Å². The molecule has 4 heteroatoms. The van der Waals surface area contributed by atoms with E-state index in [1.165, 1.54) is 0 Å². The Labute approximate surface area is 107 Å². The molecule has 2 rings (SSSR count). The molecule has 0 aliphatic carbocycles. The Kier molecular flexibility index (Phi) is 3.87. The monoisotopic (exact) mass is 243 g/mol. The van der Waals surface area contributed by atoms with E-state index in [9.17, 15) is 4.79 Å². The minimum absolute atomic E-state index is 0.0837. The highest BCUT2D eigenvalue weighted by Gasteiger charge is 2.12. The Morgan fingerprint density at radius 3 is 2.83 bits per heavy atom. The second-order valence-electron chi connectivity index (χ2n) is 4.14. The summed E-state index contributed by atoms with van der Waals surface area (Å²) < 4.78 is 1.90. The topological polar surface area (TPSA) is 47.8 Å². The van der Waals surface area contributed by atoms with Gasteiger partial charge in [0, 0.05) is 30.2 Å². The zero-order valence-electron chi connectivity index (χ0n) is 10.8. The molecule has 0 aliphatic rings. The van der Waals surface area contributed by atoms with Gasteiger partial charge in [0.1, 0.15) is 0 Å². The Bertz CT molecular complexity index is 531. The van der Waals surface area contributed by atoms with Gasteiger partial charge in [-0.25, -0.2) is 0 Å². The minimum Gasteiger partial charge on any atom is -0.294 e. The molecule has 18 heavy (non-hydrogen) atoms. The van der Waals surface area contributed by atoms with Crippen molar-refractivity contribution < 1.29 is 4.79 Å². The van der Waals surface area contributed by atoms with Gasteiger partial charge < -0.3 is 0 Å². The van der Waals surface area contributed by atoms with Crippen molar-refractivity contribution in [3.63, 3.8) is 0 Å². The third-order valence-electron chi connectivity index (χ3n) is 2.90. The fraction of sp³-hybridized carbons (Fsp3) is 0.357. The van der Waals surface area contributed by atoms with Gasteiger partial charge in [-0.05, 0) is 31.5 Å². The van der Waals surface area contributed by atoms with Gasteiger partial charge in [0.05, 0.1) is 12.1 Å². The van der Waals surface area contributed by atoms with Crippen LogP contribution in [0.15, 0.2) is 30.6 Å². The van der Waals surface area contributed by atoms with Crippen molar-refractivity contribution in [1.82, 2.24) is 14.8 Å². The maximum Gasteiger partial charge on any atom is 0.170 e. The number of carbonyl (C=O) groups excluding carboxylic acids is 1. The molecule has 2 heterocycles. The van der Waals surface area contributed by atoms with Crippen LogP contribution in [0.2, 0.25) is 0 Å². The number of rotatable bonds is 5. The summed E-state index contributed by atoms with van der Waals surface area (Å²) in [6, 6.07) is 5.59. The zero-order valence-corrected chi connectivity index (χ0v) is 10.8. The van der Waals surface area contributed by atoms with E-state index in [2.05, 4.69) is 17.0 Å². The number of pyridine rings is 1. The molecule has 0 amide bonds. The fourth-order valence-corrected chi connectivity index (χ4v) is 1.90. The van der Waals surface area contributed by atoms with Crippen LogP contribution >= 0.6 is 0 Å². The highest BCUT2D eigenvalue weighted by Crippen LogP contribution is 2.10. The summed E-state index contributed by atoms with van der Waals surface area (Å²) in [5.41, 5.74) is 2.66. The quantitative estimate of drug-likeness (QED) is 0.757. The number of hydrogen-bond donors (Lipinski definition) is 0. The number of carbonyl (C=O) groups is 1. The van der Waals surface area contributed by atoms with E-state index >= 15 is 0 Å². The Morgan fingerprint density at radius 1 is 1.39 bits per heavy atom. The molecule has 0 aliphatic heterocycles. The van der Waals surface area contributed by atoms with Gasteiger partial charge >= 0.3 is 0 Å². The average molecular weight is 243 g/mol. The van der Waals surface area contributed by atoms with E-state index in [1.807, 2.05) is 17.7 Å². The maximum atomic E-state index is 12.1. The molecule has 0 saturated carbocycles. The summed E-state index contributed by atoms with van der Waals surface area (Å²) in [6.07, 6.45) is 4.55. The number of ketones is 1. The van der Waals surface area contributed by atoms with Crippen LogP contribution in [0.5, 0.6) is 0 Å². The lowest BCUT2D eigenvalue weighted by Crippen LogP contribution is -2.09. The smallest absolute Gasteiger partial charge is 0.170 e. The summed E-state index contributed by atoms with van der Waals surface area (Å²) in [5.74, 6) is 0.0837. The van der Waals surface area contributed by atoms with Gasteiger partial charge in [0.2, 0.25) is 0 Å². The average Bonchev–Trinajstić information content (AvgIpc) is 2.82. The molecule has 0 atom stereocenters. The van der Waals surface area contributed by atoms with Crippen molar-refractivity contribution in [1.29, 1.82) is 0 Å². The van der Waals surface area contributed by atoms with Gasteiger partial charge in [-0.2, -0.15) is 5.10 Å². The highest BCUT2D eigenvalue weighted by molar-refractivity contribution is 5.96. The van der Waals surface area contributed by atoms with Crippen molar-refractivity contribution in [3.05, 3.63) is 47.5 Å². The molecule has 0 saturated heterocycles. The van der Waals surface area contributed by atoms with Gasteiger partial charge in [-0.15, -0.1) is 0 Å². The van der Waals surface area contributed by atoms with E-state index in [1.54, 1.807) is 24.5 Å². The van der Waals surface area contributed by atoms with E-state index in [-0.39, 0.29) is 5.78 Å². The third kappa shape index (κ3) is 2.64. The van der Waals surface area contributed by atoms with Crippen LogP contribution in [0, 0.1) is 0 Å². The first-order valence-electron chi connectivity index (χ1n) is 6.23. The molecule has 0 bridgehead atoms. The van der Waals surface area contributed by atoms with Crippen LogP contribution in [0.4, 0.5) is 0 Å². The molecule has 4 nitrogen and oxygen atoms in total. The van der Waals surface area contributed by atoms with Crippen molar-refractivity contribution in [2.75, 3.05) is 0 Å². The van der Waals surface area contributed by atoms with Gasteiger partial charge in [-0.1, -0.05) is 6.92 Å². The second kappa shape index (κ2) is 5.58. The maximum absolute atomic E-state index is 12.1. The van der Waals surface area contributed by atoms with Crippen molar-refractivity contribution in [2.24, 2.45) is 0 Å². The molecular weight excluding hydrogens is 226 g/mol. The molecule has 0 fully saturated rings. The SMILES string of the molecule is CCc1cc(CC(=O)c2cccnc2)n(CC)n1. The molecular formula is C14H17N3O. The number of aryl methyl sites for hydroxylation is 2. The lowest BCUT2D eigenvalue weighted by Gasteiger charge is -2.03. The number of aromatic nitrogens is 3. The summed E-state index contributed by atoms with van der Waals surface area (Å²) >= 11 is 0. The molecule has 0 N–H and O–H groups in total. The number of hydrogen-bond acceptors (Lipinski definition) is 3. The largest absolute Gasteiger partial charge is 0.294 e. The summed E-state index contributed by atoms with van der Waals surface area (Å²) in [7, 11) is 0. The van der Waals surface area contributed by atoms with Crippen LogP contribution in [0.25, 0.3) is 0 Å². The van der Waals surface area contributed by atoms with E-state index in [0.29, 0.717) is 12.0 Å². The first kappa shape index (κ1) is 12.5. The first-order chi connectivity index (χ1) is 8.74. The predicted molar refractivity (Wildman–Crippen MR) is 69.6 cm³/mol. The Hall–Kier alpha value is -1.97. The lowest BCUT2D eigenvalue weighted by atomic mass is 10.1. The van der Waals surface area contributed by atoms with E-state index < -0.39 is 0 Å². The molecule has 0 spiro atoms. The first-order valence-corrected chi connectivity index (χ1v) is 6.23. The summed E-state index contributed by atoms with van der Waals surface area (Å²) in [5, 5.41) is 4.44. The van der Waals surface area contributed by atoms with Crippen LogP contribution in [-0.4, -0.2) is 20.5 Å². The normalized spacial score (nSPS) is 10.6. The van der Waals surface area contributed by atoms with Crippen LogP contribution in [0.1, 0.15) is 35.6 Å². The van der Waals surface area contributed by atoms with Gasteiger partial charge in [0.15, 0.2) is 5.78 Å². The Balaban J connectivity index is 2.19. The molecule has 2 aromatic rings. The van der Waals surface area contributed by atoms with Gasteiger partial charge in [-0.3, -0.25) is 14.5 Å². The highest BCUT2D eigenvalue weighted by atomic mass is 16.1. The van der Waals surface area contributed by atoms with Crippen LogP contribution in [-0.2, 0) is 19.4 Å². The Morgan fingerprint density at radius 2 is 2.22 bits per heavy atom. The standard InChI is InChI=1S/C14H17N3O/c1-3-12-8-13(17(4-2)16-12)9-14(18)11-6-5-7-15-10-11/h5-8,10H,3-4,9H2,1-2H3. The molecule has 0 aromatic carbocycles. The minimum atomic E-state index is 0.0837. The zero-order chi connectivity index (χ0) is 13.0. The molecule has 0 radical (unpaired) electrons. The van der Waals surface area contributed by atoms with Crippen LogP contribution in [0.3, 0.4) is 0 Å². The second-order valence-corrected chi connectivity index (χ2v) is 4.14. The number of Topliss-reactive ketones (excluding diaryl/α,β-unsaturated/α-hetero) is 1. The third-order valence-corrected chi connectivity index (χ3v) is 2.90. The molecule has 2 aromatic heterocycles. The van der Waals surface area contributed by atoms with Gasteiger partial charge in [0.25, 0.3) is 0 Å². The summed E-state index contributed by atoms with van der Waals surface area (Å²) in [6.45, 7) is 4.88. The van der Waals surface area contributed by atoms with Crippen LogP contribution < -0.4 is 0 Å². The lowest BCUT2D eigenvalue weighted by molar-refractivity contribution is 0.0990. The molecule has 94 valence electrons. The summed E-state index contributed by atoms with van der Waals surface area (Å²) in [4.78, 5) is 16.1. The van der Waals surface area contributed by atoms with E-state index in [4.69, 9.17) is 0 Å². The number of nitrogens with zero attached hydrogens (tertiary/aromatic N) is 3.